The highest BCUT2D eigenvalue weighted by atomic mass is 35.5. The third-order valence-electron chi connectivity index (χ3n) is 2.72. The van der Waals surface area contributed by atoms with Crippen LogP contribution in [0.3, 0.4) is 0 Å². The number of hydrogen-bond acceptors (Lipinski definition) is 3. The predicted molar refractivity (Wildman–Crippen MR) is 66.4 cm³/mol. The standard InChI is InChI=1S/C11H13ClN2O.ClH/c12-10-2-1-9(7-14-10)11(15)8-3-5-13-6-4-8;/h1-2,7-8,13H,3-6H2;1H. The lowest BCUT2D eigenvalue weighted by Gasteiger charge is -2.21. The molecular weight excluding hydrogens is 247 g/mol. The van der Waals surface area contributed by atoms with Crippen LogP contribution in [0.15, 0.2) is 18.3 Å². The summed E-state index contributed by atoms with van der Waals surface area (Å²) in [7, 11) is 0. The van der Waals surface area contributed by atoms with Crippen LogP contribution in [0, 0.1) is 5.92 Å². The van der Waals surface area contributed by atoms with Crippen molar-refractivity contribution in [1.29, 1.82) is 0 Å². The van der Waals surface area contributed by atoms with Crippen molar-refractivity contribution in [1.82, 2.24) is 10.3 Å². The Bertz CT molecular complexity index is 348. The Kier molecular flexibility index (Phi) is 5.19. The zero-order valence-electron chi connectivity index (χ0n) is 8.78. The SMILES string of the molecule is Cl.O=C(c1ccc(Cl)nc1)C1CCNCC1. The number of hydrogen-bond donors (Lipinski definition) is 1. The van der Waals surface area contributed by atoms with Crippen molar-refractivity contribution in [3.63, 3.8) is 0 Å². The lowest BCUT2D eigenvalue weighted by Crippen LogP contribution is -2.31. The molecule has 0 radical (unpaired) electrons. The molecule has 2 rings (SSSR count). The maximum Gasteiger partial charge on any atom is 0.167 e. The molecule has 1 N–H and O–H groups in total. The van der Waals surface area contributed by atoms with E-state index >= 15 is 0 Å². The number of carbonyl (C=O) groups is 1. The van der Waals surface area contributed by atoms with Gasteiger partial charge in [0.15, 0.2) is 5.78 Å². The highest BCUT2D eigenvalue weighted by molar-refractivity contribution is 6.29. The summed E-state index contributed by atoms with van der Waals surface area (Å²) in [6, 6.07) is 3.41. The molecule has 1 aromatic rings. The summed E-state index contributed by atoms with van der Waals surface area (Å²) in [5.74, 6) is 0.342. The second kappa shape index (κ2) is 6.18. The van der Waals surface area contributed by atoms with Gasteiger partial charge in [0.1, 0.15) is 5.15 Å². The number of pyridine rings is 1. The molecular formula is C11H14Cl2N2O. The quantitative estimate of drug-likeness (QED) is 0.656. The average molecular weight is 261 g/mol. The van der Waals surface area contributed by atoms with Crippen LogP contribution in [-0.2, 0) is 0 Å². The molecule has 2 heterocycles. The molecule has 0 saturated carbocycles. The summed E-state index contributed by atoms with van der Waals surface area (Å²) in [5.41, 5.74) is 0.673. The zero-order valence-corrected chi connectivity index (χ0v) is 10.4. The van der Waals surface area contributed by atoms with Gasteiger partial charge >= 0.3 is 0 Å². The minimum atomic E-state index is 0. The molecule has 5 heteroatoms. The fraction of sp³-hybridized carbons (Fsp3) is 0.455. The van der Waals surface area contributed by atoms with Crippen molar-refractivity contribution in [3.8, 4) is 0 Å². The normalized spacial score (nSPS) is 16.6. The lowest BCUT2D eigenvalue weighted by molar-refractivity contribution is 0.0894. The molecule has 88 valence electrons. The number of halogens is 2. The molecule has 16 heavy (non-hydrogen) atoms. The minimum absolute atomic E-state index is 0. The highest BCUT2D eigenvalue weighted by Crippen LogP contribution is 2.18. The number of piperidine rings is 1. The summed E-state index contributed by atoms with van der Waals surface area (Å²) in [6.07, 6.45) is 3.40. The average Bonchev–Trinajstić information content (AvgIpc) is 2.30. The van der Waals surface area contributed by atoms with E-state index in [2.05, 4.69) is 10.3 Å². The van der Waals surface area contributed by atoms with Gasteiger partial charge in [-0.15, -0.1) is 12.4 Å². The summed E-state index contributed by atoms with van der Waals surface area (Å²) in [6.45, 7) is 1.86. The maximum atomic E-state index is 12.0. The molecule has 0 atom stereocenters. The number of nitrogens with zero attached hydrogens (tertiary/aromatic N) is 1. The zero-order chi connectivity index (χ0) is 10.7. The van der Waals surface area contributed by atoms with E-state index in [1.807, 2.05) is 0 Å². The molecule has 3 nitrogen and oxygen atoms in total. The van der Waals surface area contributed by atoms with Gasteiger partial charge in [0.05, 0.1) is 0 Å². The van der Waals surface area contributed by atoms with Gasteiger partial charge in [-0.1, -0.05) is 11.6 Å². The number of nitrogens with one attached hydrogen (secondary N) is 1. The van der Waals surface area contributed by atoms with Crippen LogP contribution in [-0.4, -0.2) is 23.9 Å². The first-order valence-corrected chi connectivity index (χ1v) is 5.51. The third kappa shape index (κ3) is 3.17. The molecule has 0 amide bonds. The summed E-state index contributed by atoms with van der Waals surface area (Å²) < 4.78 is 0. The van der Waals surface area contributed by atoms with Gasteiger partial charge in [-0.2, -0.15) is 0 Å². The van der Waals surface area contributed by atoms with E-state index < -0.39 is 0 Å². The largest absolute Gasteiger partial charge is 0.317 e. The van der Waals surface area contributed by atoms with Crippen molar-refractivity contribution in [2.45, 2.75) is 12.8 Å². The fourth-order valence-electron chi connectivity index (χ4n) is 1.84. The molecule has 1 fully saturated rings. The number of rotatable bonds is 2. The molecule has 1 saturated heterocycles. The lowest BCUT2D eigenvalue weighted by atomic mass is 9.90. The summed E-state index contributed by atoms with van der Waals surface area (Å²) in [5, 5.41) is 3.67. The van der Waals surface area contributed by atoms with E-state index in [0.717, 1.165) is 25.9 Å². The van der Waals surface area contributed by atoms with Crippen LogP contribution in [0.2, 0.25) is 5.15 Å². The maximum absolute atomic E-state index is 12.0. The Balaban J connectivity index is 0.00000128. The van der Waals surface area contributed by atoms with Crippen molar-refractivity contribution >= 4 is 29.8 Å². The van der Waals surface area contributed by atoms with E-state index in [1.165, 1.54) is 0 Å². The molecule has 0 spiro atoms. The summed E-state index contributed by atoms with van der Waals surface area (Å²) in [4.78, 5) is 15.9. The van der Waals surface area contributed by atoms with Crippen LogP contribution >= 0.6 is 24.0 Å². The first-order chi connectivity index (χ1) is 7.27. The van der Waals surface area contributed by atoms with Crippen LogP contribution < -0.4 is 5.32 Å². The van der Waals surface area contributed by atoms with E-state index in [0.29, 0.717) is 10.7 Å². The van der Waals surface area contributed by atoms with Crippen molar-refractivity contribution < 1.29 is 4.79 Å². The Labute approximate surface area is 106 Å². The van der Waals surface area contributed by atoms with Crippen molar-refractivity contribution in [3.05, 3.63) is 29.0 Å². The topological polar surface area (TPSA) is 42.0 Å². The second-order valence-corrected chi connectivity index (χ2v) is 4.15. The number of ketones is 1. The molecule has 1 aromatic heterocycles. The fourth-order valence-corrected chi connectivity index (χ4v) is 1.95. The summed E-state index contributed by atoms with van der Waals surface area (Å²) >= 11 is 5.67. The van der Waals surface area contributed by atoms with E-state index in [9.17, 15) is 4.79 Å². The third-order valence-corrected chi connectivity index (χ3v) is 2.95. The molecule has 1 aliphatic heterocycles. The number of Topliss-reactive ketones (excluding diaryl/α,β-unsaturated/α-hetero) is 1. The monoisotopic (exact) mass is 260 g/mol. The van der Waals surface area contributed by atoms with Crippen LogP contribution in [0.4, 0.5) is 0 Å². The van der Waals surface area contributed by atoms with Crippen LogP contribution in [0.25, 0.3) is 0 Å². The Morgan fingerprint density at radius 2 is 2.06 bits per heavy atom. The van der Waals surface area contributed by atoms with Gasteiger partial charge in [0, 0.05) is 17.7 Å². The smallest absolute Gasteiger partial charge is 0.167 e. The molecule has 0 aliphatic carbocycles. The molecule has 0 bridgehead atoms. The van der Waals surface area contributed by atoms with Gasteiger partial charge in [-0.3, -0.25) is 4.79 Å². The van der Waals surface area contributed by atoms with E-state index in [4.69, 9.17) is 11.6 Å². The van der Waals surface area contributed by atoms with Gasteiger partial charge in [0.25, 0.3) is 0 Å². The predicted octanol–water partition coefficient (Wildman–Crippen LogP) is 2.34. The highest BCUT2D eigenvalue weighted by Gasteiger charge is 2.22. The molecule has 1 aliphatic rings. The van der Waals surface area contributed by atoms with Gasteiger partial charge in [-0.25, -0.2) is 4.98 Å². The Morgan fingerprint density at radius 3 is 2.62 bits per heavy atom. The van der Waals surface area contributed by atoms with Crippen LogP contribution in [0.1, 0.15) is 23.2 Å². The van der Waals surface area contributed by atoms with Crippen molar-refractivity contribution in [2.75, 3.05) is 13.1 Å². The van der Waals surface area contributed by atoms with Crippen molar-refractivity contribution in [2.24, 2.45) is 5.92 Å². The number of carbonyl (C=O) groups excluding carboxylic acids is 1. The Hall–Kier alpha value is -0.640. The van der Waals surface area contributed by atoms with Gasteiger partial charge < -0.3 is 5.32 Å². The second-order valence-electron chi connectivity index (χ2n) is 3.76. The Morgan fingerprint density at radius 1 is 1.38 bits per heavy atom. The number of aromatic nitrogens is 1. The van der Waals surface area contributed by atoms with E-state index in [1.54, 1.807) is 18.3 Å². The van der Waals surface area contributed by atoms with Crippen LogP contribution in [0.5, 0.6) is 0 Å². The molecule has 0 unspecified atom stereocenters. The first-order valence-electron chi connectivity index (χ1n) is 5.14. The minimum Gasteiger partial charge on any atom is -0.317 e. The van der Waals surface area contributed by atoms with Gasteiger partial charge in [0.2, 0.25) is 0 Å². The first kappa shape index (κ1) is 13.4. The van der Waals surface area contributed by atoms with Gasteiger partial charge in [-0.05, 0) is 38.1 Å². The molecule has 0 aromatic carbocycles. The van der Waals surface area contributed by atoms with E-state index in [-0.39, 0.29) is 24.1 Å².